The molecule has 130 valence electrons. The Labute approximate surface area is 149 Å². The van der Waals surface area contributed by atoms with Gasteiger partial charge in [-0.25, -0.2) is 4.98 Å². The molecule has 1 amide bonds. The van der Waals surface area contributed by atoms with Crippen LogP contribution >= 0.6 is 15.9 Å². The molecule has 3 heterocycles. The molecule has 1 aliphatic heterocycles. The predicted molar refractivity (Wildman–Crippen MR) is 98.3 cm³/mol. The molecule has 1 atom stereocenters. The Balaban J connectivity index is 1.92. The molecular weight excluding hydrogens is 374 g/mol. The number of hydrogen-bond acceptors (Lipinski definition) is 5. The fraction of sp³-hybridized carbons (Fsp3) is 0.500. The minimum absolute atomic E-state index is 0.0104. The Morgan fingerprint density at radius 3 is 3.08 bits per heavy atom. The Morgan fingerprint density at radius 1 is 1.62 bits per heavy atom. The first-order valence-corrected chi connectivity index (χ1v) is 8.82. The summed E-state index contributed by atoms with van der Waals surface area (Å²) >= 11 is 3.59. The third-order valence-corrected chi connectivity index (χ3v) is 4.57. The second-order valence-corrected chi connectivity index (χ2v) is 7.14. The van der Waals surface area contributed by atoms with Crippen molar-refractivity contribution in [3.63, 3.8) is 0 Å². The maximum atomic E-state index is 12.1. The van der Waals surface area contributed by atoms with Crippen molar-refractivity contribution in [2.45, 2.75) is 32.4 Å². The van der Waals surface area contributed by atoms with Crippen molar-refractivity contribution < 1.29 is 9.53 Å². The molecule has 0 bridgehead atoms. The van der Waals surface area contributed by atoms with E-state index >= 15 is 0 Å². The van der Waals surface area contributed by atoms with Gasteiger partial charge in [0.05, 0.1) is 27.3 Å². The number of hydrogen-bond donors (Lipinski definition) is 3. The first kappa shape index (κ1) is 17.2. The van der Waals surface area contributed by atoms with Gasteiger partial charge in [-0.1, -0.05) is 0 Å². The Morgan fingerprint density at radius 2 is 2.42 bits per heavy atom. The standard InChI is InChI=1S/C16H22BrN5O2/c1-9(2)24-8-13(23)21-12-6-20-16-14(12)15(11(17)5-19-16)22-4-3-10(18)7-22/h5-6,9-10H,3-4,7-8,18H2,1-2H3,(H,19,20)(H,21,23). The quantitative estimate of drug-likeness (QED) is 0.720. The maximum Gasteiger partial charge on any atom is 0.250 e. The normalized spacial score (nSPS) is 17.9. The van der Waals surface area contributed by atoms with Crippen LogP contribution in [0.3, 0.4) is 0 Å². The highest BCUT2D eigenvalue weighted by molar-refractivity contribution is 9.10. The zero-order valence-electron chi connectivity index (χ0n) is 13.8. The molecule has 8 heteroatoms. The molecule has 4 N–H and O–H groups in total. The smallest absolute Gasteiger partial charge is 0.250 e. The minimum atomic E-state index is -0.186. The van der Waals surface area contributed by atoms with Crippen LogP contribution in [0.25, 0.3) is 11.0 Å². The van der Waals surface area contributed by atoms with Gasteiger partial charge in [0.2, 0.25) is 5.91 Å². The number of carbonyl (C=O) groups is 1. The van der Waals surface area contributed by atoms with Crippen molar-refractivity contribution in [3.8, 4) is 0 Å². The highest BCUT2D eigenvalue weighted by atomic mass is 79.9. The van der Waals surface area contributed by atoms with Crippen molar-refractivity contribution in [3.05, 3.63) is 16.9 Å². The van der Waals surface area contributed by atoms with Gasteiger partial charge >= 0.3 is 0 Å². The van der Waals surface area contributed by atoms with Crippen molar-refractivity contribution >= 4 is 44.2 Å². The summed E-state index contributed by atoms with van der Waals surface area (Å²) in [6.45, 7) is 5.49. The summed E-state index contributed by atoms with van der Waals surface area (Å²) in [5.41, 5.74) is 8.49. The molecule has 0 aromatic carbocycles. The summed E-state index contributed by atoms with van der Waals surface area (Å²) in [6, 6.07) is 0.163. The van der Waals surface area contributed by atoms with E-state index in [1.807, 2.05) is 13.8 Å². The lowest BCUT2D eigenvalue weighted by molar-refractivity contribution is -0.121. The van der Waals surface area contributed by atoms with Crippen LogP contribution in [0.2, 0.25) is 0 Å². The van der Waals surface area contributed by atoms with Crippen LogP contribution in [-0.4, -0.2) is 47.7 Å². The molecule has 0 saturated carbocycles. The Bertz CT molecular complexity index is 745. The van der Waals surface area contributed by atoms with E-state index in [-0.39, 0.29) is 24.7 Å². The summed E-state index contributed by atoms with van der Waals surface area (Å²) in [7, 11) is 0. The lowest BCUT2D eigenvalue weighted by Gasteiger charge is -2.21. The summed E-state index contributed by atoms with van der Waals surface area (Å²) < 4.78 is 6.24. The van der Waals surface area contributed by atoms with E-state index in [4.69, 9.17) is 10.5 Å². The molecule has 7 nitrogen and oxygen atoms in total. The molecule has 2 aromatic rings. The van der Waals surface area contributed by atoms with E-state index in [0.717, 1.165) is 40.7 Å². The summed E-state index contributed by atoms with van der Waals surface area (Å²) in [4.78, 5) is 21.8. The highest BCUT2D eigenvalue weighted by Crippen LogP contribution is 2.38. The molecule has 3 rings (SSSR count). The zero-order valence-corrected chi connectivity index (χ0v) is 15.4. The topological polar surface area (TPSA) is 96.3 Å². The van der Waals surface area contributed by atoms with Crippen molar-refractivity contribution in [2.75, 3.05) is 29.9 Å². The van der Waals surface area contributed by atoms with Crippen LogP contribution in [0, 0.1) is 0 Å². The van der Waals surface area contributed by atoms with E-state index in [0.29, 0.717) is 5.69 Å². The number of halogens is 1. The average Bonchev–Trinajstić information content (AvgIpc) is 3.12. The van der Waals surface area contributed by atoms with Gasteiger partial charge in [-0.3, -0.25) is 4.79 Å². The Hall–Kier alpha value is -1.64. The number of fused-ring (bicyclic) bond motifs is 1. The fourth-order valence-electron chi connectivity index (χ4n) is 2.88. The van der Waals surface area contributed by atoms with E-state index in [9.17, 15) is 4.79 Å². The van der Waals surface area contributed by atoms with E-state index in [2.05, 4.69) is 36.1 Å². The molecular formula is C16H22BrN5O2. The monoisotopic (exact) mass is 395 g/mol. The first-order valence-electron chi connectivity index (χ1n) is 8.03. The molecule has 2 aromatic heterocycles. The zero-order chi connectivity index (χ0) is 17.3. The summed E-state index contributed by atoms with van der Waals surface area (Å²) in [6.07, 6.45) is 4.49. The first-order chi connectivity index (χ1) is 11.5. The van der Waals surface area contributed by atoms with Crippen LogP contribution in [0.4, 0.5) is 11.4 Å². The number of rotatable bonds is 5. The minimum Gasteiger partial charge on any atom is -0.369 e. The molecule has 1 unspecified atom stereocenters. The molecule has 0 spiro atoms. The highest BCUT2D eigenvalue weighted by Gasteiger charge is 2.25. The number of nitrogens with two attached hydrogens (primary N) is 1. The van der Waals surface area contributed by atoms with Gasteiger partial charge in [0.1, 0.15) is 12.3 Å². The lowest BCUT2D eigenvalue weighted by Crippen LogP contribution is -2.27. The number of aromatic nitrogens is 2. The van der Waals surface area contributed by atoms with E-state index < -0.39 is 0 Å². The molecule has 1 aliphatic rings. The van der Waals surface area contributed by atoms with Gasteiger partial charge in [-0.15, -0.1) is 0 Å². The lowest BCUT2D eigenvalue weighted by atomic mass is 10.2. The molecule has 0 aliphatic carbocycles. The number of nitrogens with one attached hydrogen (secondary N) is 2. The van der Waals surface area contributed by atoms with Gasteiger partial charge in [0.25, 0.3) is 0 Å². The third-order valence-electron chi connectivity index (χ3n) is 3.99. The second-order valence-electron chi connectivity index (χ2n) is 6.28. The molecule has 1 saturated heterocycles. The number of anilines is 2. The molecule has 0 radical (unpaired) electrons. The van der Waals surface area contributed by atoms with Crippen LogP contribution in [0.1, 0.15) is 20.3 Å². The fourth-order valence-corrected chi connectivity index (χ4v) is 3.43. The van der Waals surface area contributed by atoms with Crippen LogP contribution in [0.15, 0.2) is 16.9 Å². The summed E-state index contributed by atoms with van der Waals surface area (Å²) in [5.74, 6) is -0.186. The number of aromatic amines is 1. The second kappa shape index (κ2) is 7.08. The van der Waals surface area contributed by atoms with Gasteiger partial charge < -0.3 is 25.7 Å². The number of nitrogens with zero attached hydrogens (tertiary/aromatic N) is 2. The average molecular weight is 396 g/mol. The van der Waals surface area contributed by atoms with Gasteiger partial charge in [0.15, 0.2) is 0 Å². The molecule has 24 heavy (non-hydrogen) atoms. The number of pyridine rings is 1. The maximum absolute atomic E-state index is 12.1. The van der Waals surface area contributed by atoms with Crippen molar-refractivity contribution in [1.82, 2.24) is 9.97 Å². The van der Waals surface area contributed by atoms with Gasteiger partial charge in [-0.05, 0) is 36.2 Å². The SMILES string of the molecule is CC(C)OCC(=O)Nc1c[nH]c2ncc(Br)c(N3CCC(N)C3)c12. The number of H-pyrrole nitrogens is 1. The van der Waals surface area contributed by atoms with Crippen molar-refractivity contribution in [2.24, 2.45) is 5.73 Å². The van der Waals surface area contributed by atoms with Gasteiger partial charge in [-0.2, -0.15) is 0 Å². The van der Waals surface area contributed by atoms with Gasteiger partial charge in [0, 0.05) is 31.5 Å². The van der Waals surface area contributed by atoms with E-state index in [1.165, 1.54) is 0 Å². The van der Waals surface area contributed by atoms with E-state index in [1.54, 1.807) is 12.4 Å². The van der Waals surface area contributed by atoms with Crippen LogP contribution < -0.4 is 16.0 Å². The molecule has 1 fully saturated rings. The van der Waals surface area contributed by atoms with Crippen molar-refractivity contribution in [1.29, 1.82) is 0 Å². The predicted octanol–water partition coefficient (Wildman–Crippen LogP) is 2.23. The third kappa shape index (κ3) is 3.55. The van der Waals surface area contributed by atoms with Crippen LogP contribution in [-0.2, 0) is 9.53 Å². The number of amides is 1. The number of carbonyl (C=O) groups excluding carboxylic acids is 1. The van der Waals surface area contributed by atoms with Crippen LogP contribution in [0.5, 0.6) is 0 Å². The Kier molecular flexibility index (Phi) is 5.07. The summed E-state index contributed by atoms with van der Waals surface area (Å²) in [5, 5.41) is 3.79. The number of ether oxygens (including phenoxy) is 1. The largest absolute Gasteiger partial charge is 0.369 e.